The fraction of sp³-hybridized carbons (Fsp3) is 0.538. The van der Waals surface area contributed by atoms with E-state index in [1.54, 1.807) is 18.2 Å². The topological polar surface area (TPSA) is 21.3 Å². The third-order valence-corrected chi connectivity index (χ3v) is 3.24. The molecule has 0 saturated heterocycles. The van der Waals surface area contributed by atoms with Crippen LogP contribution in [0.3, 0.4) is 0 Å². The molecule has 0 spiro atoms. The van der Waals surface area contributed by atoms with Crippen molar-refractivity contribution in [2.75, 3.05) is 0 Å². The van der Waals surface area contributed by atoms with Crippen LogP contribution in [0.1, 0.15) is 25.8 Å². The van der Waals surface area contributed by atoms with Gasteiger partial charge in [0.15, 0.2) is 0 Å². The average Bonchev–Trinajstić information content (AvgIpc) is 2.84. The molecule has 1 atom stereocenters. The van der Waals surface area contributed by atoms with Crippen molar-refractivity contribution in [1.29, 1.82) is 0 Å². The monoisotopic (exact) mass is 241 g/mol. The Balaban J connectivity index is 1.95. The lowest BCUT2D eigenvalue weighted by atomic mass is 10.1. The van der Waals surface area contributed by atoms with E-state index >= 15 is 0 Å². The summed E-state index contributed by atoms with van der Waals surface area (Å²) in [6.07, 6.45) is 1.13. The first kappa shape index (κ1) is 12.3. The first-order valence-electron chi connectivity index (χ1n) is 5.75. The molecule has 1 N–H and O–H groups in total. The lowest BCUT2D eigenvalue weighted by Crippen LogP contribution is -2.20. The van der Waals surface area contributed by atoms with E-state index in [-0.39, 0.29) is 5.75 Å². The van der Waals surface area contributed by atoms with E-state index in [0.717, 1.165) is 12.0 Å². The number of para-hydroxylation sites is 1. The van der Waals surface area contributed by atoms with Crippen molar-refractivity contribution in [1.82, 2.24) is 5.32 Å². The van der Waals surface area contributed by atoms with Crippen LogP contribution in [0.25, 0.3) is 0 Å². The molecule has 1 aromatic rings. The number of ether oxygens (including phenoxy) is 1. The minimum atomic E-state index is -2.77. The van der Waals surface area contributed by atoms with Gasteiger partial charge < -0.3 is 10.1 Å². The van der Waals surface area contributed by atoms with Crippen LogP contribution in [-0.2, 0) is 6.54 Å². The third kappa shape index (κ3) is 3.16. The lowest BCUT2D eigenvalue weighted by molar-refractivity contribution is -0.0505. The molecule has 0 heterocycles. The van der Waals surface area contributed by atoms with Crippen LogP contribution < -0.4 is 10.1 Å². The van der Waals surface area contributed by atoms with Gasteiger partial charge >= 0.3 is 6.61 Å². The number of hydrogen-bond donors (Lipinski definition) is 1. The second kappa shape index (κ2) is 4.61. The molecule has 0 bridgehead atoms. The van der Waals surface area contributed by atoms with Gasteiger partial charge in [0.2, 0.25) is 0 Å². The average molecular weight is 241 g/mol. The standard InChI is InChI=1S/C13H17F2NO/c1-13(2)7-11(13)16-8-9-5-3-4-6-10(9)17-12(14)15/h3-6,11-12,16H,7-8H2,1-2H3. The van der Waals surface area contributed by atoms with Gasteiger partial charge in [-0.2, -0.15) is 8.78 Å². The van der Waals surface area contributed by atoms with Crippen LogP contribution in [-0.4, -0.2) is 12.7 Å². The van der Waals surface area contributed by atoms with Crippen molar-refractivity contribution >= 4 is 0 Å². The maximum atomic E-state index is 12.2. The van der Waals surface area contributed by atoms with Crippen molar-refractivity contribution in [3.05, 3.63) is 29.8 Å². The molecule has 1 saturated carbocycles. The Hall–Kier alpha value is -1.16. The van der Waals surface area contributed by atoms with Crippen LogP contribution in [0.2, 0.25) is 0 Å². The Morgan fingerprint density at radius 1 is 1.41 bits per heavy atom. The molecule has 4 heteroatoms. The summed E-state index contributed by atoms with van der Waals surface area (Å²) in [5.74, 6) is 0.258. The van der Waals surface area contributed by atoms with Crippen LogP contribution in [0.5, 0.6) is 5.75 Å². The molecule has 17 heavy (non-hydrogen) atoms. The number of benzene rings is 1. The zero-order chi connectivity index (χ0) is 12.5. The highest BCUT2D eigenvalue weighted by Crippen LogP contribution is 2.44. The van der Waals surface area contributed by atoms with Crippen LogP contribution in [0, 0.1) is 5.41 Å². The molecule has 2 nitrogen and oxygen atoms in total. The zero-order valence-electron chi connectivity index (χ0n) is 10.0. The van der Waals surface area contributed by atoms with Gasteiger partial charge in [0.1, 0.15) is 5.75 Å². The second-order valence-electron chi connectivity index (χ2n) is 5.11. The molecule has 0 amide bonds. The molecule has 94 valence electrons. The summed E-state index contributed by atoms with van der Waals surface area (Å²) in [4.78, 5) is 0. The Morgan fingerprint density at radius 2 is 2.06 bits per heavy atom. The maximum absolute atomic E-state index is 12.2. The highest BCUT2D eigenvalue weighted by atomic mass is 19.3. The van der Waals surface area contributed by atoms with Crippen LogP contribution in [0.4, 0.5) is 8.78 Å². The van der Waals surface area contributed by atoms with Gasteiger partial charge in [-0.15, -0.1) is 0 Å². The van der Waals surface area contributed by atoms with Crippen molar-refractivity contribution in [2.45, 2.75) is 39.5 Å². The predicted molar refractivity (Wildman–Crippen MR) is 62.1 cm³/mol. The van der Waals surface area contributed by atoms with E-state index in [0.29, 0.717) is 18.0 Å². The number of hydrogen-bond acceptors (Lipinski definition) is 2. The normalized spacial score (nSPS) is 21.6. The highest BCUT2D eigenvalue weighted by molar-refractivity contribution is 5.33. The molecule has 0 radical (unpaired) electrons. The minimum Gasteiger partial charge on any atom is -0.434 e. The van der Waals surface area contributed by atoms with Crippen LogP contribution >= 0.6 is 0 Å². The summed E-state index contributed by atoms with van der Waals surface area (Å²) in [5, 5.41) is 3.35. The molecular weight excluding hydrogens is 224 g/mol. The van der Waals surface area contributed by atoms with Crippen molar-refractivity contribution in [2.24, 2.45) is 5.41 Å². The van der Waals surface area contributed by atoms with Gasteiger partial charge in [-0.05, 0) is 17.9 Å². The van der Waals surface area contributed by atoms with Gasteiger partial charge in [-0.3, -0.25) is 0 Å². The molecule has 1 unspecified atom stereocenters. The molecule has 1 aliphatic carbocycles. The molecule has 1 aliphatic rings. The quantitative estimate of drug-likeness (QED) is 0.854. The number of rotatable bonds is 5. The minimum absolute atomic E-state index is 0.258. The van der Waals surface area contributed by atoms with Crippen molar-refractivity contribution in [3.63, 3.8) is 0 Å². The van der Waals surface area contributed by atoms with E-state index < -0.39 is 6.61 Å². The molecule has 1 aromatic carbocycles. The number of halogens is 2. The van der Waals surface area contributed by atoms with Gasteiger partial charge in [-0.25, -0.2) is 0 Å². The summed E-state index contributed by atoms with van der Waals surface area (Å²) in [7, 11) is 0. The van der Waals surface area contributed by atoms with Gasteiger partial charge in [0, 0.05) is 18.2 Å². The van der Waals surface area contributed by atoms with Gasteiger partial charge in [0.05, 0.1) is 0 Å². The van der Waals surface area contributed by atoms with Crippen molar-refractivity contribution in [3.8, 4) is 5.75 Å². The fourth-order valence-corrected chi connectivity index (χ4v) is 1.91. The van der Waals surface area contributed by atoms with Gasteiger partial charge in [-0.1, -0.05) is 32.0 Å². The molecule has 2 rings (SSSR count). The summed E-state index contributed by atoms with van der Waals surface area (Å²) in [6, 6.07) is 7.37. The Bertz CT molecular complexity index is 393. The Labute approximate surface area is 100.0 Å². The molecular formula is C13H17F2NO. The summed E-state index contributed by atoms with van der Waals surface area (Å²) < 4.78 is 28.9. The van der Waals surface area contributed by atoms with Crippen molar-refractivity contribution < 1.29 is 13.5 Å². The molecule has 1 fully saturated rings. The summed E-state index contributed by atoms with van der Waals surface area (Å²) >= 11 is 0. The SMILES string of the molecule is CC1(C)CC1NCc1ccccc1OC(F)F. The maximum Gasteiger partial charge on any atom is 0.387 e. The zero-order valence-corrected chi connectivity index (χ0v) is 10.0. The smallest absolute Gasteiger partial charge is 0.387 e. The van der Waals surface area contributed by atoms with E-state index in [1.165, 1.54) is 0 Å². The summed E-state index contributed by atoms with van der Waals surface area (Å²) in [5.41, 5.74) is 1.11. The van der Waals surface area contributed by atoms with E-state index in [4.69, 9.17) is 0 Å². The Morgan fingerprint density at radius 3 is 2.65 bits per heavy atom. The largest absolute Gasteiger partial charge is 0.434 e. The predicted octanol–water partition coefficient (Wildman–Crippen LogP) is 3.18. The molecule has 0 aliphatic heterocycles. The van der Waals surface area contributed by atoms with Gasteiger partial charge in [0.25, 0.3) is 0 Å². The number of alkyl halides is 2. The van der Waals surface area contributed by atoms with Crippen LogP contribution in [0.15, 0.2) is 24.3 Å². The van der Waals surface area contributed by atoms with E-state index in [9.17, 15) is 8.78 Å². The molecule has 0 aromatic heterocycles. The van der Waals surface area contributed by atoms with E-state index in [2.05, 4.69) is 23.9 Å². The third-order valence-electron chi connectivity index (χ3n) is 3.24. The first-order chi connectivity index (χ1) is 7.99. The second-order valence-corrected chi connectivity index (χ2v) is 5.11. The Kier molecular flexibility index (Phi) is 3.33. The van der Waals surface area contributed by atoms with E-state index in [1.807, 2.05) is 6.07 Å². The number of nitrogens with one attached hydrogen (secondary N) is 1. The highest BCUT2D eigenvalue weighted by Gasteiger charge is 2.45. The summed E-state index contributed by atoms with van der Waals surface area (Å²) in [6.45, 7) is 2.17. The lowest BCUT2D eigenvalue weighted by Gasteiger charge is -2.12. The first-order valence-corrected chi connectivity index (χ1v) is 5.75. The fourth-order valence-electron chi connectivity index (χ4n) is 1.91.